The molecule has 0 unspecified atom stereocenters. The first-order valence-corrected chi connectivity index (χ1v) is 11.1. The summed E-state index contributed by atoms with van der Waals surface area (Å²) in [6.45, 7) is 5.69. The first-order chi connectivity index (χ1) is 16.7. The first kappa shape index (κ1) is 23.7. The number of halogens is 1. The van der Waals surface area contributed by atoms with Gasteiger partial charge in [-0.1, -0.05) is 29.8 Å². The number of fused-ring (bicyclic) bond motifs is 1. The third-order valence-corrected chi connectivity index (χ3v) is 5.43. The number of nitrogens with zero attached hydrogens (tertiary/aromatic N) is 3. The number of ether oxygens (including phenoxy) is 1. The molecule has 0 spiro atoms. The second-order valence-electron chi connectivity index (χ2n) is 8.08. The Labute approximate surface area is 206 Å². The molecule has 35 heavy (non-hydrogen) atoms. The highest BCUT2D eigenvalue weighted by Gasteiger charge is 2.18. The number of aromatic nitrogens is 2. The van der Waals surface area contributed by atoms with Crippen LogP contribution in [-0.2, 0) is 4.79 Å². The number of amides is 1. The molecule has 4 rings (SSSR count). The van der Waals surface area contributed by atoms with Crippen molar-refractivity contribution < 1.29 is 9.53 Å². The molecule has 174 valence electrons. The van der Waals surface area contributed by atoms with Gasteiger partial charge in [0.1, 0.15) is 28.6 Å². The fourth-order valence-electron chi connectivity index (χ4n) is 3.65. The summed E-state index contributed by atoms with van der Waals surface area (Å²) in [7, 11) is 0. The van der Waals surface area contributed by atoms with Gasteiger partial charge in [0.15, 0.2) is 0 Å². The summed E-state index contributed by atoms with van der Waals surface area (Å²) in [5.74, 6) is -0.206. The van der Waals surface area contributed by atoms with Crippen LogP contribution in [0.3, 0.4) is 0 Å². The Hall–Kier alpha value is -4.41. The Kier molecular flexibility index (Phi) is 6.67. The van der Waals surface area contributed by atoms with Crippen LogP contribution in [0.2, 0.25) is 5.02 Å². The van der Waals surface area contributed by atoms with Crippen molar-refractivity contribution in [1.82, 2.24) is 9.38 Å². The van der Waals surface area contributed by atoms with Crippen LogP contribution in [0.15, 0.2) is 71.2 Å². The number of nitriles is 1. The van der Waals surface area contributed by atoms with Crippen molar-refractivity contribution >= 4 is 34.9 Å². The highest BCUT2D eigenvalue weighted by atomic mass is 35.5. The molecule has 0 saturated heterocycles. The number of carbonyl (C=O) groups is 1. The topological polar surface area (TPSA) is 96.5 Å². The minimum Gasteiger partial charge on any atom is -0.438 e. The summed E-state index contributed by atoms with van der Waals surface area (Å²) < 4.78 is 7.41. The fraction of sp³-hybridized carbons (Fsp3) is 0.111. The van der Waals surface area contributed by atoms with Crippen molar-refractivity contribution in [2.75, 3.05) is 5.32 Å². The van der Waals surface area contributed by atoms with Crippen LogP contribution in [0.4, 0.5) is 5.69 Å². The third-order valence-electron chi connectivity index (χ3n) is 5.20. The van der Waals surface area contributed by atoms with E-state index in [1.54, 1.807) is 36.5 Å². The molecule has 0 fully saturated rings. The van der Waals surface area contributed by atoms with Crippen molar-refractivity contribution in [3.63, 3.8) is 0 Å². The molecule has 2 heterocycles. The van der Waals surface area contributed by atoms with Gasteiger partial charge >= 0.3 is 0 Å². The van der Waals surface area contributed by atoms with Gasteiger partial charge in [-0.3, -0.25) is 14.0 Å². The van der Waals surface area contributed by atoms with Crippen LogP contribution in [0.1, 0.15) is 22.3 Å². The molecule has 0 aliphatic carbocycles. The summed E-state index contributed by atoms with van der Waals surface area (Å²) >= 11 is 5.98. The third kappa shape index (κ3) is 5.24. The Bertz CT molecular complexity index is 1580. The Balaban J connectivity index is 1.85. The van der Waals surface area contributed by atoms with Gasteiger partial charge in [-0.15, -0.1) is 0 Å². The standard InChI is InChI=1S/C27H21ClN4O3/c1-16-10-17(2)12-22(11-16)35-26-23(27(34)32-9-5-6-18(3)24(32)31-26)13-19(15-29)25(33)30-21-8-4-7-20(28)14-21/h4-14H,1-3H3,(H,30,33)/b19-13-. The summed E-state index contributed by atoms with van der Waals surface area (Å²) in [5.41, 5.74) is 2.77. The molecular formula is C27H21ClN4O3. The van der Waals surface area contributed by atoms with E-state index >= 15 is 0 Å². The molecule has 2 aromatic heterocycles. The van der Waals surface area contributed by atoms with Gasteiger partial charge in [0.05, 0.1) is 0 Å². The maximum atomic E-state index is 13.4. The zero-order chi connectivity index (χ0) is 25.1. The maximum Gasteiger partial charge on any atom is 0.269 e. The van der Waals surface area contributed by atoms with E-state index in [1.165, 1.54) is 10.5 Å². The summed E-state index contributed by atoms with van der Waals surface area (Å²) in [5, 5.41) is 12.8. The molecule has 0 atom stereocenters. The fourth-order valence-corrected chi connectivity index (χ4v) is 3.84. The summed E-state index contributed by atoms with van der Waals surface area (Å²) in [6, 6.07) is 17.6. The molecule has 0 aliphatic heterocycles. The van der Waals surface area contributed by atoms with Crippen LogP contribution >= 0.6 is 11.6 Å². The zero-order valence-corrected chi connectivity index (χ0v) is 20.1. The molecule has 0 saturated carbocycles. The van der Waals surface area contributed by atoms with Crippen LogP contribution < -0.4 is 15.6 Å². The lowest BCUT2D eigenvalue weighted by Gasteiger charge is -2.12. The molecule has 1 amide bonds. The van der Waals surface area contributed by atoms with E-state index < -0.39 is 11.5 Å². The van der Waals surface area contributed by atoms with Crippen LogP contribution in [0, 0.1) is 32.1 Å². The quantitative estimate of drug-likeness (QED) is 0.293. The molecule has 1 N–H and O–H groups in total. The van der Waals surface area contributed by atoms with Crippen LogP contribution in [0.25, 0.3) is 11.7 Å². The van der Waals surface area contributed by atoms with Gasteiger partial charge in [-0.05, 0) is 79.9 Å². The van der Waals surface area contributed by atoms with Crippen molar-refractivity contribution in [3.05, 3.63) is 104 Å². The van der Waals surface area contributed by atoms with E-state index in [9.17, 15) is 14.9 Å². The minimum atomic E-state index is -0.694. The Morgan fingerprint density at radius 3 is 2.54 bits per heavy atom. The summed E-state index contributed by atoms with van der Waals surface area (Å²) in [6.07, 6.45) is 2.77. The number of aryl methyl sites for hydroxylation is 3. The largest absolute Gasteiger partial charge is 0.438 e. The van der Waals surface area contributed by atoms with Gasteiger partial charge in [0.25, 0.3) is 11.5 Å². The predicted molar refractivity (Wildman–Crippen MR) is 136 cm³/mol. The highest BCUT2D eigenvalue weighted by molar-refractivity contribution is 6.31. The van der Waals surface area contributed by atoms with Crippen molar-refractivity contribution in [2.24, 2.45) is 0 Å². The number of hydrogen-bond acceptors (Lipinski definition) is 5. The predicted octanol–water partition coefficient (Wildman–Crippen LogP) is 5.61. The average Bonchev–Trinajstić information content (AvgIpc) is 2.79. The molecule has 0 aliphatic rings. The molecular weight excluding hydrogens is 464 g/mol. The highest BCUT2D eigenvalue weighted by Crippen LogP contribution is 2.27. The van der Waals surface area contributed by atoms with E-state index in [1.807, 2.05) is 51.1 Å². The Morgan fingerprint density at radius 1 is 1.11 bits per heavy atom. The lowest BCUT2D eigenvalue weighted by Crippen LogP contribution is -2.20. The van der Waals surface area contributed by atoms with Gasteiger partial charge in [-0.25, -0.2) is 0 Å². The lowest BCUT2D eigenvalue weighted by molar-refractivity contribution is -0.112. The second kappa shape index (κ2) is 9.84. The van der Waals surface area contributed by atoms with Gasteiger partial charge < -0.3 is 10.1 Å². The normalized spacial score (nSPS) is 11.2. The summed E-state index contributed by atoms with van der Waals surface area (Å²) in [4.78, 5) is 30.8. The molecule has 0 bridgehead atoms. The number of benzene rings is 2. The number of hydrogen-bond donors (Lipinski definition) is 1. The van der Waals surface area contributed by atoms with Gasteiger partial charge in [-0.2, -0.15) is 10.2 Å². The number of carbonyl (C=O) groups excluding carboxylic acids is 1. The number of nitrogens with one attached hydrogen (secondary N) is 1. The number of pyridine rings is 1. The van der Waals surface area contributed by atoms with Crippen molar-refractivity contribution in [2.45, 2.75) is 20.8 Å². The molecule has 4 aromatic rings. The first-order valence-electron chi connectivity index (χ1n) is 10.7. The molecule has 2 aromatic carbocycles. The van der Waals surface area contributed by atoms with Crippen LogP contribution in [-0.4, -0.2) is 15.3 Å². The van der Waals surface area contributed by atoms with Crippen molar-refractivity contribution in [3.8, 4) is 17.7 Å². The average molecular weight is 485 g/mol. The zero-order valence-electron chi connectivity index (χ0n) is 19.3. The maximum absolute atomic E-state index is 13.4. The van der Waals surface area contributed by atoms with E-state index in [2.05, 4.69) is 10.3 Å². The second-order valence-corrected chi connectivity index (χ2v) is 8.52. The smallest absolute Gasteiger partial charge is 0.269 e. The molecule has 0 radical (unpaired) electrons. The number of anilines is 1. The van der Waals surface area contributed by atoms with E-state index in [4.69, 9.17) is 16.3 Å². The van der Waals surface area contributed by atoms with Crippen molar-refractivity contribution in [1.29, 1.82) is 5.26 Å². The van der Waals surface area contributed by atoms with Crippen LogP contribution in [0.5, 0.6) is 11.6 Å². The van der Waals surface area contributed by atoms with Gasteiger partial charge in [0.2, 0.25) is 5.88 Å². The monoisotopic (exact) mass is 484 g/mol. The molecule has 7 nitrogen and oxygen atoms in total. The molecule has 8 heteroatoms. The number of rotatable bonds is 5. The van der Waals surface area contributed by atoms with E-state index in [-0.39, 0.29) is 17.0 Å². The minimum absolute atomic E-state index is 0.00222. The van der Waals surface area contributed by atoms with Gasteiger partial charge in [0, 0.05) is 16.9 Å². The SMILES string of the molecule is Cc1cc(C)cc(Oc2nc3c(C)cccn3c(=O)c2/C=C(/C#N)C(=O)Nc2cccc(Cl)c2)c1. The van der Waals surface area contributed by atoms with E-state index in [0.717, 1.165) is 16.7 Å². The lowest BCUT2D eigenvalue weighted by atomic mass is 10.1. The Morgan fingerprint density at radius 2 is 1.86 bits per heavy atom. The van der Waals surface area contributed by atoms with E-state index in [0.29, 0.717) is 22.1 Å².